The molecule has 1 saturated carbocycles. The van der Waals surface area contributed by atoms with E-state index in [2.05, 4.69) is 87.9 Å². The van der Waals surface area contributed by atoms with Crippen LogP contribution in [-0.2, 0) is 11.3 Å². The van der Waals surface area contributed by atoms with E-state index in [0.29, 0.717) is 18.3 Å². The molecule has 9 nitrogen and oxygen atoms in total. The van der Waals surface area contributed by atoms with E-state index >= 15 is 0 Å². The lowest BCUT2D eigenvalue weighted by molar-refractivity contribution is 0.162. The molecule has 0 saturated heterocycles. The Balaban J connectivity index is 1.31. The molecule has 0 bridgehead atoms. The van der Waals surface area contributed by atoms with Crippen molar-refractivity contribution in [3.63, 3.8) is 0 Å². The normalized spacial score (nSPS) is 17.4. The zero-order valence-electron chi connectivity index (χ0n) is 22.1. The summed E-state index contributed by atoms with van der Waals surface area (Å²) in [6.07, 6.45) is 5.04. The van der Waals surface area contributed by atoms with Gasteiger partial charge in [-0.05, 0) is 56.2 Å². The third kappa shape index (κ3) is 5.88. The summed E-state index contributed by atoms with van der Waals surface area (Å²) in [6.45, 7) is 4.86. The predicted molar refractivity (Wildman–Crippen MR) is 150 cm³/mol. The van der Waals surface area contributed by atoms with Crippen LogP contribution < -0.4 is 16.0 Å². The minimum Gasteiger partial charge on any atom is -0.453 e. The number of carbonyl (C=O) groups is 1. The molecule has 0 atom stereocenters. The lowest BCUT2D eigenvalue weighted by atomic mass is 9.91. The van der Waals surface area contributed by atoms with Gasteiger partial charge < -0.3 is 25.3 Å². The van der Waals surface area contributed by atoms with Crippen molar-refractivity contribution < 1.29 is 9.53 Å². The fraction of sp³-hybridized carbons (Fsp3) is 0.379. The summed E-state index contributed by atoms with van der Waals surface area (Å²) in [7, 11) is 1.39. The number of hydrogen-bond donors (Lipinski definition) is 3. The second-order valence-corrected chi connectivity index (χ2v) is 10.1. The van der Waals surface area contributed by atoms with Gasteiger partial charge in [0.25, 0.3) is 0 Å². The average Bonchev–Trinajstić information content (AvgIpc) is 3.38. The Morgan fingerprint density at radius 2 is 1.66 bits per heavy atom. The molecule has 9 heteroatoms. The van der Waals surface area contributed by atoms with Crippen LogP contribution in [0.2, 0.25) is 0 Å². The van der Waals surface area contributed by atoms with Gasteiger partial charge in [-0.3, -0.25) is 0 Å². The fourth-order valence-corrected chi connectivity index (χ4v) is 4.90. The summed E-state index contributed by atoms with van der Waals surface area (Å²) in [5.74, 6) is 1.30. The first-order chi connectivity index (χ1) is 18.5. The van der Waals surface area contributed by atoms with E-state index in [9.17, 15) is 4.79 Å². The van der Waals surface area contributed by atoms with E-state index in [0.717, 1.165) is 42.4 Å². The molecule has 1 amide bonds. The summed E-state index contributed by atoms with van der Waals surface area (Å²) >= 11 is 0. The van der Waals surface area contributed by atoms with Crippen molar-refractivity contribution >= 4 is 29.0 Å². The van der Waals surface area contributed by atoms with E-state index in [1.807, 2.05) is 12.4 Å². The third-order valence-electron chi connectivity index (χ3n) is 7.07. The van der Waals surface area contributed by atoms with E-state index in [1.54, 1.807) is 0 Å². The molecule has 0 radical (unpaired) electrons. The number of nitrogens with one attached hydrogen (secondary N) is 3. The number of carbonyl (C=O) groups excluding carboxylic acids is 1. The summed E-state index contributed by atoms with van der Waals surface area (Å²) in [5, 5.41) is 9.94. The van der Waals surface area contributed by atoms with Crippen LogP contribution in [0.15, 0.2) is 60.9 Å². The van der Waals surface area contributed by atoms with Gasteiger partial charge in [0.2, 0.25) is 5.95 Å². The highest BCUT2D eigenvalue weighted by molar-refractivity contribution is 5.84. The first-order valence-corrected chi connectivity index (χ1v) is 13.2. The monoisotopic (exact) mass is 513 g/mol. The number of anilines is 2. The first kappa shape index (κ1) is 25.5. The van der Waals surface area contributed by atoms with Crippen molar-refractivity contribution in [1.82, 2.24) is 24.8 Å². The quantitative estimate of drug-likeness (QED) is 0.275. The summed E-state index contributed by atoms with van der Waals surface area (Å²) < 4.78 is 6.80. The van der Waals surface area contributed by atoms with Crippen LogP contribution in [0.3, 0.4) is 0 Å². The molecule has 3 N–H and O–H groups in total. The smallest absolute Gasteiger partial charge is 0.407 e. The SMILES string of the molecule is COC(=O)NC1CCC(Nc2nc(NCc3ccc(-c4ccccc4)cc3)c3ncn(C(C)C)c3n2)CC1. The van der Waals surface area contributed by atoms with E-state index < -0.39 is 0 Å². The molecule has 198 valence electrons. The molecule has 1 aliphatic carbocycles. The van der Waals surface area contributed by atoms with Gasteiger partial charge in [-0.2, -0.15) is 9.97 Å². The van der Waals surface area contributed by atoms with E-state index in [-0.39, 0.29) is 24.2 Å². The van der Waals surface area contributed by atoms with Crippen molar-refractivity contribution in [3.8, 4) is 11.1 Å². The van der Waals surface area contributed by atoms with Gasteiger partial charge in [0.1, 0.15) is 0 Å². The molecule has 38 heavy (non-hydrogen) atoms. The van der Waals surface area contributed by atoms with Crippen LogP contribution in [0.4, 0.5) is 16.6 Å². The van der Waals surface area contributed by atoms with Crippen molar-refractivity contribution in [2.45, 2.75) is 64.2 Å². The molecule has 0 aliphatic heterocycles. The van der Waals surface area contributed by atoms with Gasteiger partial charge in [-0.25, -0.2) is 9.78 Å². The molecule has 2 aromatic carbocycles. The Morgan fingerprint density at radius 3 is 2.34 bits per heavy atom. The van der Waals surface area contributed by atoms with Crippen LogP contribution >= 0.6 is 0 Å². The van der Waals surface area contributed by atoms with Crippen molar-refractivity contribution in [2.75, 3.05) is 17.7 Å². The van der Waals surface area contributed by atoms with Crippen molar-refractivity contribution in [1.29, 1.82) is 0 Å². The maximum atomic E-state index is 11.5. The number of aromatic nitrogens is 4. The minimum absolute atomic E-state index is 0.136. The highest BCUT2D eigenvalue weighted by Crippen LogP contribution is 2.27. The van der Waals surface area contributed by atoms with Gasteiger partial charge >= 0.3 is 6.09 Å². The molecule has 2 aromatic heterocycles. The van der Waals surface area contributed by atoms with Crippen molar-refractivity contribution in [2.24, 2.45) is 0 Å². The van der Waals surface area contributed by atoms with Crippen LogP contribution in [0.1, 0.15) is 51.1 Å². The topological polar surface area (TPSA) is 106 Å². The number of hydrogen-bond acceptors (Lipinski definition) is 7. The molecule has 0 unspecified atom stereocenters. The first-order valence-electron chi connectivity index (χ1n) is 13.2. The number of rotatable bonds is 8. The lowest BCUT2D eigenvalue weighted by Gasteiger charge is -2.29. The number of benzene rings is 2. The van der Waals surface area contributed by atoms with E-state index in [1.165, 1.54) is 18.2 Å². The standard InChI is InChI=1S/C29H35N7O2/c1-19(2)36-18-31-25-26(30-17-20-9-11-22(12-10-20)21-7-5-4-6-8-21)34-28(35-27(25)36)32-23-13-15-24(16-14-23)33-29(37)38-3/h4-12,18-19,23-24H,13-17H2,1-3H3,(H,33,37)(H2,30,32,34,35). The molecule has 1 fully saturated rings. The molecule has 5 rings (SSSR count). The van der Waals surface area contributed by atoms with Gasteiger partial charge in [0, 0.05) is 24.7 Å². The third-order valence-corrected chi connectivity index (χ3v) is 7.07. The van der Waals surface area contributed by atoms with Crippen LogP contribution in [-0.4, -0.2) is 44.8 Å². The number of imidazole rings is 1. The highest BCUT2D eigenvalue weighted by Gasteiger charge is 2.24. The van der Waals surface area contributed by atoms with Gasteiger partial charge in [0.15, 0.2) is 17.0 Å². The molecule has 0 spiro atoms. The van der Waals surface area contributed by atoms with Crippen LogP contribution in [0, 0.1) is 0 Å². The lowest BCUT2D eigenvalue weighted by Crippen LogP contribution is -2.40. The average molecular weight is 514 g/mol. The Hall–Kier alpha value is -4.14. The van der Waals surface area contributed by atoms with Gasteiger partial charge in [-0.1, -0.05) is 54.6 Å². The molecule has 1 aliphatic rings. The number of methoxy groups -OCH3 is 1. The number of nitrogens with zero attached hydrogens (tertiary/aromatic N) is 4. The van der Waals surface area contributed by atoms with Crippen molar-refractivity contribution in [3.05, 3.63) is 66.5 Å². The van der Waals surface area contributed by atoms with Crippen LogP contribution in [0.25, 0.3) is 22.3 Å². The fourth-order valence-electron chi connectivity index (χ4n) is 4.90. The maximum Gasteiger partial charge on any atom is 0.407 e. The molecule has 4 aromatic rings. The second-order valence-electron chi connectivity index (χ2n) is 10.1. The second kappa shape index (κ2) is 11.5. The summed E-state index contributed by atoms with van der Waals surface area (Å²) in [4.78, 5) is 25.8. The zero-order chi connectivity index (χ0) is 26.5. The molecular weight excluding hydrogens is 478 g/mol. The predicted octanol–water partition coefficient (Wildman–Crippen LogP) is 5.77. The largest absolute Gasteiger partial charge is 0.453 e. The summed E-state index contributed by atoms with van der Waals surface area (Å²) in [5.41, 5.74) is 5.12. The zero-order valence-corrected chi connectivity index (χ0v) is 22.1. The highest BCUT2D eigenvalue weighted by atomic mass is 16.5. The van der Waals surface area contributed by atoms with Gasteiger partial charge in [-0.15, -0.1) is 0 Å². The minimum atomic E-state index is -0.373. The number of alkyl carbamates (subject to hydrolysis) is 1. The Labute approximate surface area is 223 Å². The van der Waals surface area contributed by atoms with Gasteiger partial charge in [0.05, 0.1) is 13.4 Å². The molecular formula is C29H35N7O2. The summed E-state index contributed by atoms with van der Waals surface area (Å²) in [6, 6.07) is 19.5. The number of amides is 1. The number of ether oxygens (including phenoxy) is 1. The van der Waals surface area contributed by atoms with Crippen LogP contribution in [0.5, 0.6) is 0 Å². The number of fused-ring (bicyclic) bond motifs is 1. The van der Waals surface area contributed by atoms with E-state index in [4.69, 9.17) is 14.7 Å². The molecule has 2 heterocycles. The Morgan fingerprint density at radius 1 is 0.974 bits per heavy atom. The Kier molecular flexibility index (Phi) is 7.72. The maximum absolute atomic E-state index is 11.5. The Bertz CT molecular complexity index is 1360.